The van der Waals surface area contributed by atoms with Crippen molar-refractivity contribution in [2.75, 3.05) is 13.1 Å². The van der Waals surface area contributed by atoms with Gasteiger partial charge in [0.2, 0.25) is 0 Å². The molecular weight excluding hydrogens is 270 g/mol. The van der Waals surface area contributed by atoms with Gasteiger partial charge in [0.1, 0.15) is 5.82 Å². The molecule has 0 radical (unpaired) electrons. The van der Waals surface area contributed by atoms with Gasteiger partial charge in [-0.3, -0.25) is 0 Å². The Morgan fingerprint density at radius 1 is 1.36 bits per heavy atom. The maximum atomic E-state index is 4.71. The van der Waals surface area contributed by atoms with Crippen molar-refractivity contribution in [3.05, 3.63) is 59.2 Å². The maximum absolute atomic E-state index is 4.71. The average Bonchev–Trinajstić information content (AvgIpc) is 2.89. The molecule has 0 amide bonds. The summed E-state index contributed by atoms with van der Waals surface area (Å²) in [4.78, 5) is 4.71. The standard InChI is InChI=1S/C19H25N3/c1-15(11-17-7-4-3-5-8-17)12-20-13-18-9-6-10-22-14-16(2)21-19(18)22/h3-5,7-8,11,14,18,20H,6,9-10,12-13H2,1-2H3/b15-11+. The fraction of sp³-hybridized carbons (Fsp3) is 0.421. The van der Waals surface area contributed by atoms with E-state index >= 15 is 0 Å². The summed E-state index contributed by atoms with van der Waals surface area (Å²) in [6.45, 7) is 7.34. The van der Waals surface area contributed by atoms with Gasteiger partial charge in [0.25, 0.3) is 0 Å². The molecule has 22 heavy (non-hydrogen) atoms. The van der Waals surface area contributed by atoms with Crippen molar-refractivity contribution in [1.82, 2.24) is 14.9 Å². The zero-order valence-corrected chi connectivity index (χ0v) is 13.5. The second-order valence-electron chi connectivity index (χ2n) is 6.31. The van der Waals surface area contributed by atoms with Crippen LogP contribution in [-0.4, -0.2) is 22.6 Å². The van der Waals surface area contributed by atoms with Crippen molar-refractivity contribution in [2.45, 2.75) is 39.2 Å². The van der Waals surface area contributed by atoms with Gasteiger partial charge in [-0.25, -0.2) is 4.98 Å². The van der Waals surface area contributed by atoms with E-state index in [-0.39, 0.29) is 0 Å². The first-order chi connectivity index (χ1) is 10.7. The average molecular weight is 295 g/mol. The molecule has 0 bridgehead atoms. The van der Waals surface area contributed by atoms with Gasteiger partial charge in [-0.05, 0) is 32.3 Å². The van der Waals surface area contributed by atoms with Crippen LogP contribution in [0.3, 0.4) is 0 Å². The molecule has 0 fully saturated rings. The summed E-state index contributed by atoms with van der Waals surface area (Å²) in [5.41, 5.74) is 3.77. The lowest BCUT2D eigenvalue weighted by atomic mass is 9.99. The van der Waals surface area contributed by atoms with E-state index in [2.05, 4.69) is 66.3 Å². The second-order valence-corrected chi connectivity index (χ2v) is 6.31. The Kier molecular flexibility index (Phi) is 4.74. The van der Waals surface area contributed by atoms with E-state index in [1.807, 2.05) is 0 Å². The molecule has 1 atom stereocenters. The van der Waals surface area contributed by atoms with Crippen molar-refractivity contribution in [2.24, 2.45) is 0 Å². The SMILES string of the molecule is C/C(=C\c1ccccc1)CNCC1CCCn2cc(C)nc21. The topological polar surface area (TPSA) is 29.9 Å². The molecule has 0 saturated heterocycles. The monoisotopic (exact) mass is 295 g/mol. The van der Waals surface area contributed by atoms with E-state index < -0.39 is 0 Å². The largest absolute Gasteiger partial charge is 0.334 e. The molecule has 116 valence electrons. The molecule has 1 N–H and O–H groups in total. The summed E-state index contributed by atoms with van der Waals surface area (Å²) in [6, 6.07) is 10.5. The van der Waals surface area contributed by atoms with Gasteiger partial charge in [-0.2, -0.15) is 0 Å². The number of aromatic nitrogens is 2. The lowest BCUT2D eigenvalue weighted by Gasteiger charge is -2.23. The van der Waals surface area contributed by atoms with Gasteiger partial charge in [0.15, 0.2) is 0 Å². The molecule has 0 aliphatic carbocycles. The lowest BCUT2D eigenvalue weighted by Crippen LogP contribution is -2.27. The summed E-state index contributed by atoms with van der Waals surface area (Å²) in [5, 5.41) is 3.60. The molecule has 1 aromatic carbocycles. The normalized spacial score (nSPS) is 18.3. The highest BCUT2D eigenvalue weighted by atomic mass is 15.1. The Morgan fingerprint density at radius 3 is 3.00 bits per heavy atom. The Bertz CT molecular complexity index is 640. The Balaban J connectivity index is 1.54. The minimum absolute atomic E-state index is 0.548. The van der Waals surface area contributed by atoms with Crippen LogP contribution in [0.1, 0.15) is 42.8 Å². The van der Waals surface area contributed by atoms with Crippen LogP contribution in [0.15, 0.2) is 42.1 Å². The highest BCUT2D eigenvalue weighted by Crippen LogP contribution is 2.25. The molecule has 0 spiro atoms. The molecule has 3 heteroatoms. The smallest absolute Gasteiger partial charge is 0.113 e. The van der Waals surface area contributed by atoms with E-state index in [4.69, 9.17) is 4.98 Å². The number of aryl methyl sites for hydroxylation is 2. The highest BCUT2D eigenvalue weighted by molar-refractivity contribution is 5.52. The Morgan fingerprint density at radius 2 is 2.18 bits per heavy atom. The highest BCUT2D eigenvalue weighted by Gasteiger charge is 2.21. The number of hydrogen-bond acceptors (Lipinski definition) is 2. The molecule has 1 aliphatic heterocycles. The van der Waals surface area contributed by atoms with Gasteiger partial charge in [-0.15, -0.1) is 0 Å². The molecule has 0 saturated carbocycles. The molecular formula is C19H25N3. The van der Waals surface area contributed by atoms with Crippen molar-refractivity contribution < 1.29 is 0 Å². The third-order valence-corrected chi connectivity index (χ3v) is 4.25. The number of fused-ring (bicyclic) bond motifs is 1. The molecule has 3 nitrogen and oxygen atoms in total. The van der Waals surface area contributed by atoms with Gasteiger partial charge < -0.3 is 9.88 Å². The van der Waals surface area contributed by atoms with Crippen molar-refractivity contribution in [3.8, 4) is 0 Å². The van der Waals surface area contributed by atoms with Crippen LogP contribution in [0, 0.1) is 6.92 Å². The number of imidazole rings is 1. The number of rotatable bonds is 5. The zero-order valence-electron chi connectivity index (χ0n) is 13.5. The van der Waals surface area contributed by atoms with Crippen molar-refractivity contribution in [1.29, 1.82) is 0 Å². The zero-order chi connectivity index (χ0) is 15.4. The fourth-order valence-corrected chi connectivity index (χ4v) is 3.23. The van der Waals surface area contributed by atoms with E-state index in [0.717, 1.165) is 25.3 Å². The van der Waals surface area contributed by atoms with Gasteiger partial charge in [0, 0.05) is 31.7 Å². The minimum atomic E-state index is 0.548. The van der Waals surface area contributed by atoms with Crippen LogP contribution in [0.2, 0.25) is 0 Å². The van der Waals surface area contributed by atoms with Crippen LogP contribution < -0.4 is 5.32 Å². The summed E-state index contributed by atoms with van der Waals surface area (Å²) < 4.78 is 2.33. The summed E-state index contributed by atoms with van der Waals surface area (Å²) in [5.74, 6) is 1.81. The lowest BCUT2D eigenvalue weighted by molar-refractivity contribution is 0.427. The van der Waals surface area contributed by atoms with E-state index in [1.165, 1.54) is 29.8 Å². The molecule has 2 aromatic rings. The number of nitrogens with one attached hydrogen (secondary N) is 1. The molecule has 1 unspecified atom stereocenters. The van der Waals surface area contributed by atoms with Gasteiger partial charge in [-0.1, -0.05) is 42.0 Å². The maximum Gasteiger partial charge on any atom is 0.113 e. The molecule has 1 aromatic heterocycles. The van der Waals surface area contributed by atoms with E-state index in [0.29, 0.717) is 5.92 Å². The number of nitrogens with zero attached hydrogens (tertiary/aromatic N) is 2. The summed E-state index contributed by atoms with van der Waals surface area (Å²) >= 11 is 0. The van der Waals surface area contributed by atoms with E-state index in [1.54, 1.807) is 0 Å². The molecule has 3 rings (SSSR count). The first-order valence-corrected chi connectivity index (χ1v) is 8.19. The summed E-state index contributed by atoms with van der Waals surface area (Å²) in [7, 11) is 0. The Labute approximate surface area is 133 Å². The van der Waals surface area contributed by atoms with Crippen LogP contribution >= 0.6 is 0 Å². The van der Waals surface area contributed by atoms with Gasteiger partial charge in [0.05, 0.1) is 5.69 Å². The first kappa shape index (κ1) is 15.0. The first-order valence-electron chi connectivity index (χ1n) is 8.19. The number of benzene rings is 1. The van der Waals surface area contributed by atoms with Gasteiger partial charge >= 0.3 is 0 Å². The second kappa shape index (κ2) is 6.93. The third-order valence-electron chi connectivity index (χ3n) is 4.25. The minimum Gasteiger partial charge on any atom is -0.334 e. The van der Waals surface area contributed by atoms with Crippen LogP contribution in [0.25, 0.3) is 6.08 Å². The molecule has 1 aliphatic rings. The quantitative estimate of drug-likeness (QED) is 0.910. The van der Waals surface area contributed by atoms with Crippen molar-refractivity contribution in [3.63, 3.8) is 0 Å². The predicted octanol–water partition coefficient (Wildman–Crippen LogP) is 3.76. The Hall–Kier alpha value is -1.87. The summed E-state index contributed by atoms with van der Waals surface area (Å²) in [6.07, 6.45) is 6.93. The fourth-order valence-electron chi connectivity index (χ4n) is 3.23. The van der Waals surface area contributed by atoms with Crippen LogP contribution in [0.5, 0.6) is 0 Å². The molecule has 2 heterocycles. The van der Waals surface area contributed by atoms with Crippen LogP contribution in [0.4, 0.5) is 0 Å². The number of hydrogen-bond donors (Lipinski definition) is 1. The van der Waals surface area contributed by atoms with Crippen LogP contribution in [-0.2, 0) is 6.54 Å². The van der Waals surface area contributed by atoms with Crippen molar-refractivity contribution >= 4 is 6.08 Å². The predicted molar refractivity (Wildman–Crippen MR) is 91.9 cm³/mol. The van der Waals surface area contributed by atoms with E-state index in [9.17, 15) is 0 Å². The third kappa shape index (κ3) is 3.66.